The molecule has 1 saturated heterocycles. The molecule has 0 spiro atoms. The molecule has 1 fully saturated rings. The molecule has 2 aromatic rings. The molecule has 1 aliphatic rings. The van der Waals surface area contributed by atoms with Crippen molar-refractivity contribution < 1.29 is 17.9 Å². The van der Waals surface area contributed by atoms with Gasteiger partial charge in [0.15, 0.2) is 9.84 Å². The molecule has 0 saturated carbocycles. The molecular formula is C21H26N2O4S. The number of nitrogens with one attached hydrogen (secondary N) is 1. The summed E-state index contributed by atoms with van der Waals surface area (Å²) in [5.41, 5.74) is 1.12. The lowest BCUT2D eigenvalue weighted by Crippen LogP contribution is -2.47. The van der Waals surface area contributed by atoms with Crippen molar-refractivity contribution in [3.63, 3.8) is 0 Å². The quantitative estimate of drug-likeness (QED) is 0.806. The van der Waals surface area contributed by atoms with Crippen LogP contribution in [0.25, 0.3) is 0 Å². The molecule has 1 heterocycles. The van der Waals surface area contributed by atoms with Crippen LogP contribution in [0.5, 0.6) is 5.75 Å². The van der Waals surface area contributed by atoms with Gasteiger partial charge in [-0.1, -0.05) is 30.3 Å². The third kappa shape index (κ3) is 4.84. The predicted molar refractivity (Wildman–Crippen MR) is 108 cm³/mol. The van der Waals surface area contributed by atoms with Gasteiger partial charge in [-0.15, -0.1) is 0 Å². The van der Waals surface area contributed by atoms with E-state index < -0.39 is 15.1 Å². The Labute approximate surface area is 166 Å². The number of sulfone groups is 1. The number of amides is 2. The highest BCUT2D eigenvalue weighted by Crippen LogP contribution is 2.24. The molecule has 0 radical (unpaired) electrons. The standard InChI is InChI=1S/C21H26N2O4S/c1-27-18-9-7-17(8-10-18)11-14-22-21(24)23-15-12-20(13-16-23)28(25,26)19-5-3-2-4-6-19/h2-10,20H,11-16H2,1H3,(H,22,24). The van der Waals surface area contributed by atoms with E-state index in [9.17, 15) is 13.2 Å². The Hall–Kier alpha value is -2.54. The summed E-state index contributed by atoms with van der Waals surface area (Å²) in [6.45, 7) is 1.43. The van der Waals surface area contributed by atoms with Crippen LogP contribution in [0.2, 0.25) is 0 Å². The molecule has 1 N–H and O–H groups in total. The van der Waals surface area contributed by atoms with E-state index in [0.717, 1.165) is 17.7 Å². The number of methoxy groups -OCH3 is 1. The first kappa shape index (κ1) is 20.2. The lowest BCUT2D eigenvalue weighted by atomic mass is 10.1. The van der Waals surface area contributed by atoms with Gasteiger partial charge in [-0.3, -0.25) is 0 Å². The molecular weight excluding hydrogens is 376 g/mol. The van der Waals surface area contributed by atoms with Crippen LogP contribution in [0.3, 0.4) is 0 Å². The predicted octanol–water partition coefficient (Wildman–Crippen LogP) is 2.89. The van der Waals surface area contributed by atoms with E-state index in [0.29, 0.717) is 37.4 Å². The van der Waals surface area contributed by atoms with E-state index >= 15 is 0 Å². The lowest BCUT2D eigenvalue weighted by molar-refractivity contribution is 0.187. The van der Waals surface area contributed by atoms with Gasteiger partial charge in [0.05, 0.1) is 17.3 Å². The molecule has 150 valence electrons. The second-order valence-corrected chi connectivity index (χ2v) is 9.10. The van der Waals surface area contributed by atoms with Gasteiger partial charge in [0.25, 0.3) is 0 Å². The van der Waals surface area contributed by atoms with Crippen molar-refractivity contribution in [3.8, 4) is 5.75 Å². The number of carbonyl (C=O) groups excluding carboxylic acids is 1. The maximum atomic E-state index is 12.7. The largest absolute Gasteiger partial charge is 0.497 e. The number of carbonyl (C=O) groups is 1. The first-order valence-corrected chi connectivity index (χ1v) is 11.0. The maximum absolute atomic E-state index is 12.7. The van der Waals surface area contributed by atoms with Crippen molar-refractivity contribution in [1.29, 1.82) is 0 Å². The molecule has 0 aliphatic carbocycles. The van der Waals surface area contributed by atoms with Crippen LogP contribution in [0, 0.1) is 0 Å². The highest BCUT2D eigenvalue weighted by molar-refractivity contribution is 7.92. The van der Waals surface area contributed by atoms with Crippen LogP contribution < -0.4 is 10.1 Å². The van der Waals surface area contributed by atoms with Crippen molar-refractivity contribution in [2.75, 3.05) is 26.7 Å². The van der Waals surface area contributed by atoms with Crippen molar-refractivity contribution >= 4 is 15.9 Å². The summed E-state index contributed by atoms with van der Waals surface area (Å²) in [4.78, 5) is 14.4. The number of likely N-dealkylation sites (tertiary alicyclic amines) is 1. The molecule has 1 aliphatic heterocycles. The molecule has 0 bridgehead atoms. The van der Waals surface area contributed by atoms with Gasteiger partial charge < -0.3 is 15.0 Å². The summed E-state index contributed by atoms with van der Waals surface area (Å²) in [5, 5.41) is 2.49. The van der Waals surface area contributed by atoms with E-state index in [-0.39, 0.29) is 6.03 Å². The minimum atomic E-state index is -3.34. The van der Waals surface area contributed by atoms with Crippen LogP contribution in [0.4, 0.5) is 4.79 Å². The number of benzene rings is 2. The molecule has 7 heteroatoms. The third-order valence-corrected chi connectivity index (χ3v) is 7.37. The molecule has 28 heavy (non-hydrogen) atoms. The van der Waals surface area contributed by atoms with Crippen LogP contribution in [0.15, 0.2) is 59.5 Å². The van der Waals surface area contributed by atoms with E-state index in [1.165, 1.54) is 0 Å². The number of rotatable bonds is 6. The van der Waals surface area contributed by atoms with Gasteiger partial charge >= 0.3 is 6.03 Å². The zero-order chi connectivity index (χ0) is 20.0. The van der Waals surface area contributed by atoms with Crippen molar-refractivity contribution in [1.82, 2.24) is 10.2 Å². The first-order valence-electron chi connectivity index (χ1n) is 9.45. The SMILES string of the molecule is COc1ccc(CCNC(=O)N2CCC(S(=O)(=O)c3ccccc3)CC2)cc1. The van der Waals surface area contributed by atoms with Crippen LogP contribution in [-0.4, -0.2) is 51.3 Å². The van der Waals surface area contributed by atoms with E-state index in [2.05, 4.69) is 5.32 Å². The van der Waals surface area contributed by atoms with E-state index in [4.69, 9.17) is 4.74 Å². The van der Waals surface area contributed by atoms with Crippen LogP contribution >= 0.6 is 0 Å². The second-order valence-electron chi connectivity index (χ2n) is 6.87. The van der Waals surface area contributed by atoms with Crippen LogP contribution in [0.1, 0.15) is 18.4 Å². The molecule has 6 nitrogen and oxygen atoms in total. The highest BCUT2D eigenvalue weighted by Gasteiger charge is 2.32. The third-order valence-electron chi connectivity index (χ3n) is 5.09. The normalized spacial score (nSPS) is 15.2. The number of urea groups is 1. The smallest absolute Gasteiger partial charge is 0.317 e. The lowest BCUT2D eigenvalue weighted by Gasteiger charge is -2.31. The number of nitrogens with zero attached hydrogens (tertiary/aromatic N) is 1. The molecule has 0 aromatic heterocycles. The number of piperidine rings is 1. The summed E-state index contributed by atoms with van der Waals surface area (Å²) < 4.78 is 30.6. The van der Waals surface area contributed by atoms with Crippen molar-refractivity contribution in [2.45, 2.75) is 29.4 Å². The monoisotopic (exact) mass is 402 g/mol. The fourth-order valence-corrected chi connectivity index (χ4v) is 5.14. The van der Waals surface area contributed by atoms with Gasteiger partial charge in [0, 0.05) is 19.6 Å². The summed E-state index contributed by atoms with van der Waals surface area (Å²) >= 11 is 0. The van der Waals surface area contributed by atoms with E-state index in [1.54, 1.807) is 42.3 Å². The number of hydrogen-bond acceptors (Lipinski definition) is 4. The molecule has 2 amide bonds. The Kier molecular flexibility index (Phi) is 6.57. The molecule has 0 unspecified atom stereocenters. The minimum Gasteiger partial charge on any atom is -0.497 e. The summed E-state index contributed by atoms with van der Waals surface area (Å²) in [7, 11) is -1.71. The van der Waals surface area contributed by atoms with Gasteiger partial charge in [-0.25, -0.2) is 13.2 Å². The first-order chi connectivity index (χ1) is 13.5. The zero-order valence-corrected chi connectivity index (χ0v) is 16.8. The Morgan fingerprint density at radius 2 is 1.71 bits per heavy atom. The summed E-state index contributed by atoms with van der Waals surface area (Å²) in [6.07, 6.45) is 1.65. The fourth-order valence-electron chi connectivity index (χ4n) is 3.39. The fraction of sp³-hybridized carbons (Fsp3) is 0.381. The number of hydrogen-bond donors (Lipinski definition) is 1. The number of ether oxygens (including phenoxy) is 1. The van der Waals surface area contributed by atoms with Gasteiger partial charge in [-0.05, 0) is 49.1 Å². The van der Waals surface area contributed by atoms with Gasteiger partial charge in [-0.2, -0.15) is 0 Å². The van der Waals surface area contributed by atoms with E-state index in [1.807, 2.05) is 24.3 Å². The van der Waals surface area contributed by atoms with Gasteiger partial charge in [0.2, 0.25) is 0 Å². The van der Waals surface area contributed by atoms with Crippen molar-refractivity contribution in [2.24, 2.45) is 0 Å². The second kappa shape index (κ2) is 9.10. The Balaban J connectivity index is 1.46. The molecule has 2 aromatic carbocycles. The Morgan fingerprint density at radius 1 is 1.07 bits per heavy atom. The Bertz CT molecular complexity index is 874. The maximum Gasteiger partial charge on any atom is 0.317 e. The minimum absolute atomic E-state index is 0.135. The van der Waals surface area contributed by atoms with Gasteiger partial charge in [0.1, 0.15) is 5.75 Å². The zero-order valence-electron chi connectivity index (χ0n) is 16.0. The molecule has 0 atom stereocenters. The van der Waals surface area contributed by atoms with Crippen LogP contribution in [-0.2, 0) is 16.3 Å². The average molecular weight is 403 g/mol. The topological polar surface area (TPSA) is 75.7 Å². The van der Waals surface area contributed by atoms with Crippen molar-refractivity contribution in [3.05, 3.63) is 60.2 Å². The Morgan fingerprint density at radius 3 is 2.32 bits per heavy atom. The highest BCUT2D eigenvalue weighted by atomic mass is 32.2. The summed E-state index contributed by atoms with van der Waals surface area (Å²) in [5.74, 6) is 0.807. The average Bonchev–Trinajstić information content (AvgIpc) is 2.75. The summed E-state index contributed by atoms with van der Waals surface area (Å²) in [6, 6.07) is 16.2. The molecule has 3 rings (SSSR count).